The third-order valence-electron chi connectivity index (χ3n) is 5.80. The number of hydrogen-bond acceptors (Lipinski definition) is 6. The highest BCUT2D eigenvalue weighted by atomic mass is 19.1. The van der Waals surface area contributed by atoms with Gasteiger partial charge in [-0.2, -0.15) is 0 Å². The van der Waals surface area contributed by atoms with Gasteiger partial charge in [-0.3, -0.25) is 4.79 Å². The number of rotatable bonds is 6. The fraction of sp³-hybridized carbons (Fsp3) is 0.280. The predicted octanol–water partition coefficient (Wildman–Crippen LogP) is 4.13. The van der Waals surface area contributed by atoms with Crippen molar-refractivity contribution in [3.8, 4) is 5.88 Å². The number of hydrogen-bond donors (Lipinski definition) is 0. The maximum absolute atomic E-state index is 13.4. The Morgan fingerprint density at radius 3 is 2.97 bits per heavy atom. The number of aromatic nitrogens is 3. The van der Waals surface area contributed by atoms with Crippen LogP contribution in [-0.2, 0) is 11.2 Å². The number of ether oxygens (including phenoxy) is 1. The van der Waals surface area contributed by atoms with E-state index in [4.69, 9.17) is 9.15 Å². The largest absolute Gasteiger partial charge is 0.467 e. The molecule has 2 aromatic carbocycles. The fourth-order valence-electron chi connectivity index (χ4n) is 4.16. The first-order valence-corrected chi connectivity index (χ1v) is 10.9. The van der Waals surface area contributed by atoms with Crippen LogP contribution in [-0.4, -0.2) is 45.5 Å². The van der Waals surface area contributed by atoms with E-state index in [-0.39, 0.29) is 24.2 Å². The molecule has 1 saturated heterocycles. The first kappa shape index (κ1) is 21.1. The molecule has 1 atom stereocenters. The molecule has 168 valence electrons. The minimum Gasteiger partial charge on any atom is -0.467 e. The third-order valence-corrected chi connectivity index (χ3v) is 5.80. The van der Waals surface area contributed by atoms with E-state index in [2.05, 4.69) is 15.0 Å². The Morgan fingerprint density at radius 1 is 1.15 bits per heavy atom. The van der Waals surface area contributed by atoms with Crippen molar-refractivity contribution in [2.24, 2.45) is 0 Å². The standard InChI is InChI=1S/C25H23FN4O3/c26-19-7-3-5-17(11-19)12-20-13-27-24(33-20)18-6-4-10-30(14-18)23(31)15-32-25-21-8-1-2-9-22(21)28-16-29-25/h1-3,5,7-9,11,13,16,18H,4,6,10,12,14-15H2/t18-/m0/s1. The maximum Gasteiger partial charge on any atom is 0.260 e. The highest BCUT2D eigenvalue weighted by Gasteiger charge is 2.28. The van der Waals surface area contributed by atoms with Crippen LogP contribution in [0.15, 0.2) is 65.5 Å². The topological polar surface area (TPSA) is 81.4 Å². The van der Waals surface area contributed by atoms with Crippen LogP contribution in [0.25, 0.3) is 10.9 Å². The van der Waals surface area contributed by atoms with Crippen LogP contribution in [0.1, 0.15) is 36.0 Å². The van der Waals surface area contributed by atoms with Crippen LogP contribution in [0.4, 0.5) is 4.39 Å². The molecule has 1 fully saturated rings. The number of carbonyl (C=O) groups is 1. The summed E-state index contributed by atoms with van der Waals surface area (Å²) in [7, 11) is 0. The minimum atomic E-state index is -0.272. The molecule has 1 aliphatic heterocycles. The van der Waals surface area contributed by atoms with Crippen LogP contribution in [0.3, 0.4) is 0 Å². The lowest BCUT2D eigenvalue weighted by atomic mass is 9.98. The summed E-state index contributed by atoms with van der Waals surface area (Å²) in [6, 6.07) is 14.0. The minimum absolute atomic E-state index is 0.0174. The molecule has 2 aromatic heterocycles. The van der Waals surface area contributed by atoms with Gasteiger partial charge < -0.3 is 14.1 Å². The monoisotopic (exact) mass is 446 g/mol. The lowest BCUT2D eigenvalue weighted by molar-refractivity contribution is -0.134. The summed E-state index contributed by atoms with van der Waals surface area (Å²) < 4.78 is 25.1. The van der Waals surface area contributed by atoms with Crippen molar-refractivity contribution in [1.29, 1.82) is 0 Å². The zero-order chi connectivity index (χ0) is 22.6. The first-order valence-electron chi connectivity index (χ1n) is 10.9. The molecule has 0 spiro atoms. The number of para-hydroxylation sites is 1. The molecular formula is C25H23FN4O3. The highest BCUT2D eigenvalue weighted by molar-refractivity contribution is 5.84. The number of nitrogens with zero attached hydrogens (tertiary/aromatic N) is 4. The van der Waals surface area contributed by atoms with Gasteiger partial charge in [0.05, 0.1) is 23.0 Å². The van der Waals surface area contributed by atoms with E-state index in [0.29, 0.717) is 37.0 Å². The van der Waals surface area contributed by atoms with E-state index in [9.17, 15) is 9.18 Å². The van der Waals surface area contributed by atoms with Crippen molar-refractivity contribution in [2.45, 2.75) is 25.2 Å². The molecule has 0 unspecified atom stereocenters. The molecule has 33 heavy (non-hydrogen) atoms. The molecule has 1 amide bonds. The number of likely N-dealkylation sites (tertiary alicyclic amines) is 1. The second-order valence-corrected chi connectivity index (χ2v) is 8.14. The van der Waals surface area contributed by atoms with Gasteiger partial charge in [0.2, 0.25) is 5.88 Å². The lowest BCUT2D eigenvalue weighted by Gasteiger charge is -2.31. The van der Waals surface area contributed by atoms with E-state index >= 15 is 0 Å². The van der Waals surface area contributed by atoms with Gasteiger partial charge in [-0.1, -0.05) is 24.3 Å². The Bertz CT molecular complexity index is 1270. The molecular weight excluding hydrogens is 423 g/mol. The Morgan fingerprint density at radius 2 is 2.06 bits per heavy atom. The van der Waals surface area contributed by atoms with Crippen molar-refractivity contribution in [3.05, 3.63) is 84.1 Å². The summed E-state index contributed by atoms with van der Waals surface area (Å²) in [6.45, 7) is 1.09. The molecule has 4 aromatic rings. The Balaban J connectivity index is 1.21. The van der Waals surface area contributed by atoms with Gasteiger partial charge >= 0.3 is 0 Å². The van der Waals surface area contributed by atoms with Gasteiger partial charge in [-0.15, -0.1) is 0 Å². The second-order valence-electron chi connectivity index (χ2n) is 8.14. The van der Waals surface area contributed by atoms with Crippen molar-refractivity contribution >= 4 is 16.8 Å². The zero-order valence-corrected chi connectivity index (χ0v) is 18.0. The molecule has 7 nitrogen and oxygen atoms in total. The van der Waals surface area contributed by atoms with Gasteiger partial charge in [0.15, 0.2) is 12.5 Å². The third kappa shape index (κ3) is 4.84. The SMILES string of the molecule is O=C(COc1ncnc2ccccc12)N1CCC[C@H](c2ncc(Cc3cccc(F)c3)o2)C1. The Hall–Kier alpha value is -3.81. The molecule has 0 aliphatic carbocycles. The maximum atomic E-state index is 13.4. The van der Waals surface area contributed by atoms with Crippen molar-refractivity contribution in [2.75, 3.05) is 19.7 Å². The average molecular weight is 446 g/mol. The summed E-state index contributed by atoms with van der Waals surface area (Å²) in [5.74, 6) is 1.33. The fourth-order valence-corrected chi connectivity index (χ4v) is 4.16. The quantitative estimate of drug-likeness (QED) is 0.443. The summed E-state index contributed by atoms with van der Waals surface area (Å²) in [5, 5.41) is 0.773. The highest BCUT2D eigenvalue weighted by Crippen LogP contribution is 2.28. The van der Waals surface area contributed by atoms with Gasteiger partial charge in [0.1, 0.15) is 17.9 Å². The van der Waals surface area contributed by atoms with E-state index < -0.39 is 0 Å². The van der Waals surface area contributed by atoms with Crippen LogP contribution < -0.4 is 4.74 Å². The van der Waals surface area contributed by atoms with Crippen LogP contribution in [0.5, 0.6) is 5.88 Å². The van der Waals surface area contributed by atoms with Crippen molar-refractivity contribution in [1.82, 2.24) is 19.9 Å². The number of fused-ring (bicyclic) bond motifs is 1. The van der Waals surface area contributed by atoms with E-state index in [1.807, 2.05) is 30.3 Å². The van der Waals surface area contributed by atoms with E-state index in [1.54, 1.807) is 17.2 Å². The molecule has 0 N–H and O–H groups in total. The number of piperidine rings is 1. The lowest BCUT2D eigenvalue weighted by Crippen LogP contribution is -2.41. The van der Waals surface area contributed by atoms with Gasteiger partial charge in [0.25, 0.3) is 5.91 Å². The van der Waals surface area contributed by atoms with Crippen LogP contribution >= 0.6 is 0 Å². The molecule has 8 heteroatoms. The molecule has 1 aliphatic rings. The van der Waals surface area contributed by atoms with Gasteiger partial charge in [-0.05, 0) is 42.7 Å². The number of benzene rings is 2. The summed E-state index contributed by atoms with van der Waals surface area (Å²) in [5.41, 5.74) is 1.60. The number of oxazole rings is 1. The summed E-state index contributed by atoms with van der Waals surface area (Å²) in [4.78, 5) is 27.4. The summed E-state index contributed by atoms with van der Waals surface area (Å²) >= 11 is 0. The summed E-state index contributed by atoms with van der Waals surface area (Å²) in [6.07, 6.45) is 5.34. The van der Waals surface area contributed by atoms with E-state index in [1.165, 1.54) is 18.5 Å². The predicted molar refractivity (Wildman–Crippen MR) is 119 cm³/mol. The molecule has 5 rings (SSSR count). The smallest absolute Gasteiger partial charge is 0.260 e. The van der Waals surface area contributed by atoms with Crippen molar-refractivity contribution < 1.29 is 18.3 Å². The Kier molecular flexibility index (Phi) is 5.97. The second kappa shape index (κ2) is 9.36. The van der Waals surface area contributed by atoms with E-state index in [0.717, 1.165) is 29.3 Å². The van der Waals surface area contributed by atoms with Crippen LogP contribution in [0, 0.1) is 5.82 Å². The average Bonchev–Trinajstić information content (AvgIpc) is 3.31. The molecule has 0 radical (unpaired) electrons. The van der Waals surface area contributed by atoms with Crippen LogP contribution in [0.2, 0.25) is 0 Å². The number of amides is 1. The molecule has 0 saturated carbocycles. The molecule has 0 bridgehead atoms. The van der Waals surface area contributed by atoms with Crippen molar-refractivity contribution in [3.63, 3.8) is 0 Å². The van der Waals surface area contributed by atoms with Gasteiger partial charge in [0, 0.05) is 19.5 Å². The number of carbonyl (C=O) groups excluding carboxylic acids is 1. The van der Waals surface area contributed by atoms with Gasteiger partial charge in [-0.25, -0.2) is 19.3 Å². The Labute approximate surface area is 190 Å². The zero-order valence-electron chi connectivity index (χ0n) is 18.0. The normalized spacial score (nSPS) is 16.2. The number of halogens is 1. The first-order chi connectivity index (χ1) is 16.2. The molecule has 3 heterocycles.